The monoisotopic (exact) mass is 275 g/mol. The summed E-state index contributed by atoms with van der Waals surface area (Å²) in [5.41, 5.74) is 0.529. The second-order valence-corrected chi connectivity index (χ2v) is 4.93. The SMILES string of the molecule is C#CC(NC(=O)c1cnc2n1CCOC2)C1CCCO1. The molecule has 0 saturated carbocycles. The highest BCUT2D eigenvalue weighted by Gasteiger charge is 2.27. The van der Waals surface area contributed by atoms with Gasteiger partial charge in [-0.2, -0.15) is 0 Å². The molecule has 2 unspecified atom stereocenters. The van der Waals surface area contributed by atoms with Crippen LogP contribution < -0.4 is 5.32 Å². The number of fused-ring (bicyclic) bond motifs is 1. The number of terminal acetylenes is 1. The Morgan fingerprint density at radius 2 is 2.50 bits per heavy atom. The van der Waals surface area contributed by atoms with Crippen LogP contribution in [0.15, 0.2) is 6.20 Å². The summed E-state index contributed by atoms with van der Waals surface area (Å²) in [6.45, 7) is 2.38. The summed E-state index contributed by atoms with van der Waals surface area (Å²) >= 11 is 0. The Bertz CT molecular complexity index is 540. The van der Waals surface area contributed by atoms with Crippen LogP contribution in [0.2, 0.25) is 0 Å². The normalized spacial score (nSPS) is 22.9. The molecule has 0 aromatic carbocycles. The molecule has 0 aliphatic carbocycles. The predicted octanol–water partition coefficient (Wildman–Crippen LogP) is 0.324. The van der Waals surface area contributed by atoms with E-state index in [2.05, 4.69) is 16.2 Å². The molecule has 106 valence electrons. The highest BCUT2D eigenvalue weighted by atomic mass is 16.5. The number of hydrogen-bond donors (Lipinski definition) is 1. The first-order valence-corrected chi connectivity index (χ1v) is 6.80. The van der Waals surface area contributed by atoms with Crippen LogP contribution in [-0.4, -0.2) is 40.8 Å². The lowest BCUT2D eigenvalue weighted by molar-refractivity contribution is 0.0723. The molecule has 20 heavy (non-hydrogen) atoms. The molecule has 0 radical (unpaired) electrons. The fraction of sp³-hybridized carbons (Fsp3) is 0.571. The van der Waals surface area contributed by atoms with Gasteiger partial charge < -0.3 is 19.4 Å². The molecule has 1 aromatic rings. The number of nitrogens with one attached hydrogen (secondary N) is 1. The molecule has 6 nitrogen and oxygen atoms in total. The van der Waals surface area contributed by atoms with E-state index in [4.69, 9.17) is 15.9 Å². The second-order valence-electron chi connectivity index (χ2n) is 4.93. The van der Waals surface area contributed by atoms with Gasteiger partial charge in [-0.15, -0.1) is 6.42 Å². The Morgan fingerprint density at radius 1 is 1.60 bits per heavy atom. The molecule has 2 atom stereocenters. The van der Waals surface area contributed by atoms with Crippen molar-refractivity contribution in [3.05, 3.63) is 17.7 Å². The van der Waals surface area contributed by atoms with Gasteiger partial charge in [0.25, 0.3) is 5.91 Å². The molecule has 0 bridgehead atoms. The molecular weight excluding hydrogens is 258 g/mol. The van der Waals surface area contributed by atoms with Crippen LogP contribution in [0, 0.1) is 12.3 Å². The number of amides is 1. The first-order chi connectivity index (χ1) is 9.79. The zero-order valence-electron chi connectivity index (χ0n) is 11.2. The van der Waals surface area contributed by atoms with Crippen molar-refractivity contribution in [1.29, 1.82) is 0 Å². The maximum atomic E-state index is 12.3. The van der Waals surface area contributed by atoms with Gasteiger partial charge in [0.15, 0.2) is 0 Å². The molecule has 1 aromatic heterocycles. The van der Waals surface area contributed by atoms with Crippen molar-refractivity contribution >= 4 is 5.91 Å². The third-order valence-electron chi connectivity index (χ3n) is 3.66. The highest BCUT2D eigenvalue weighted by Crippen LogP contribution is 2.16. The summed E-state index contributed by atoms with van der Waals surface area (Å²) in [5.74, 6) is 3.17. The summed E-state index contributed by atoms with van der Waals surface area (Å²) in [6.07, 6.45) is 8.86. The number of carbonyl (C=O) groups excluding carboxylic acids is 1. The van der Waals surface area contributed by atoms with Crippen molar-refractivity contribution in [2.24, 2.45) is 0 Å². The molecule has 0 spiro atoms. The first-order valence-electron chi connectivity index (χ1n) is 6.80. The van der Waals surface area contributed by atoms with Crippen LogP contribution in [0.25, 0.3) is 0 Å². The Hall–Kier alpha value is -1.84. The van der Waals surface area contributed by atoms with Crippen LogP contribution in [-0.2, 0) is 22.6 Å². The Kier molecular flexibility index (Phi) is 3.72. The van der Waals surface area contributed by atoms with Gasteiger partial charge in [-0.3, -0.25) is 4.79 Å². The van der Waals surface area contributed by atoms with Gasteiger partial charge >= 0.3 is 0 Å². The standard InChI is InChI=1S/C14H17N3O3/c1-2-10(12-4-3-6-20-12)16-14(18)11-8-15-13-9-19-7-5-17(11)13/h1,8,10,12H,3-7,9H2,(H,16,18). The summed E-state index contributed by atoms with van der Waals surface area (Å²) in [6, 6.07) is -0.393. The first kappa shape index (κ1) is 13.2. The second kappa shape index (κ2) is 5.65. The Labute approximate surface area is 117 Å². The minimum Gasteiger partial charge on any atom is -0.375 e. The van der Waals surface area contributed by atoms with Crippen molar-refractivity contribution in [2.75, 3.05) is 13.2 Å². The topological polar surface area (TPSA) is 65.4 Å². The molecule has 2 aliphatic rings. The zero-order chi connectivity index (χ0) is 13.9. The summed E-state index contributed by atoms with van der Waals surface area (Å²) in [5, 5.41) is 2.86. The van der Waals surface area contributed by atoms with E-state index < -0.39 is 6.04 Å². The van der Waals surface area contributed by atoms with E-state index in [-0.39, 0.29) is 12.0 Å². The van der Waals surface area contributed by atoms with Gasteiger partial charge in [0.1, 0.15) is 24.2 Å². The van der Waals surface area contributed by atoms with Gasteiger partial charge in [-0.1, -0.05) is 5.92 Å². The minimum atomic E-state index is -0.393. The van der Waals surface area contributed by atoms with Crippen molar-refractivity contribution in [1.82, 2.24) is 14.9 Å². The molecule has 1 N–H and O–H groups in total. The van der Waals surface area contributed by atoms with E-state index in [1.54, 1.807) is 6.20 Å². The molecule has 1 fully saturated rings. The number of rotatable bonds is 3. The summed E-state index contributed by atoms with van der Waals surface area (Å²) in [7, 11) is 0. The van der Waals surface area contributed by atoms with Gasteiger partial charge in [0, 0.05) is 13.2 Å². The van der Waals surface area contributed by atoms with E-state index in [1.165, 1.54) is 0 Å². The highest BCUT2D eigenvalue weighted by molar-refractivity contribution is 5.93. The van der Waals surface area contributed by atoms with Crippen LogP contribution >= 0.6 is 0 Å². The maximum Gasteiger partial charge on any atom is 0.270 e. The van der Waals surface area contributed by atoms with E-state index in [0.29, 0.717) is 32.1 Å². The van der Waals surface area contributed by atoms with Crippen LogP contribution in [0.4, 0.5) is 0 Å². The van der Waals surface area contributed by atoms with E-state index >= 15 is 0 Å². The lowest BCUT2D eigenvalue weighted by atomic mass is 10.1. The molecular formula is C14H17N3O3. The predicted molar refractivity (Wildman–Crippen MR) is 70.9 cm³/mol. The van der Waals surface area contributed by atoms with Crippen molar-refractivity contribution < 1.29 is 14.3 Å². The average molecular weight is 275 g/mol. The smallest absolute Gasteiger partial charge is 0.270 e. The summed E-state index contributed by atoms with van der Waals surface area (Å²) < 4.78 is 12.7. The number of imidazole rings is 1. The third kappa shape index (κ3) is 2.42. The molecule has 3 rings (SSSR count). The molecule has 2 aliphatic heterocycles. The van der Waals surface area contributed by atoms with E-state index in [9.17, 15) is 4.79 Å². The van der Waals surface area contributed by atoms with Crippen molar-refractivity contribution in [3.63, 3.8) is 0 Å². The lowest BCUT2D eigenvalue weighted by Gasteiger charge is -2.20. The fourth-order valence-electron chi connectivity index (χ4n) is 2.60. The van der Waals surface area contributed by atoms with Crippen LogP contribution in [0.1, 0.15) is 29.2 Å². The Morgan fingerprint density at radius 3 is 3.25 bits per heavy atom. The Balaban J connectivity index is 1.72. The van der Waals surface area contributed by atoms with Crippen LogP contribution in [0.3, 0.4) is 0 Å². The van der Waals surface area contributed by atoms with Gasteiger partial charge in [0.05, 0.1) is 18.9 Å². The molecule has 1 saturated heterocycles. The van der Waals surface area contributed by atoms with Gasteiger partial charge in [-0.05, 0) is 12.8 Å². The van der Waals surface area contributed by atoms with Gasteiger partial charge in [0.2, 0.25) is 0 Å². The van der Waals surface area contributed by atoms with Gasteiger partial charge in [-0.25, -0.2) is 4.98 Å². The van der Waals surface area contributed by atoms with E-state index in [1.807, 2.05) is 4.57 Å². The summed E-state index contributed by atoms with van der Waals surface area (Å²) in [4.78, 5) is 16.5. The fourth-order valence-corrected chi connectivity index (χ4v) is 2.60. The number of carbonyl (C=O) groups is 1. The average Bonchev–Trinajstić information content (AvgIpc) is 3.13. The number of ether oxygens (including phenoxy) is 2. The third-order valence-corrected chi connectivity index (χ3v) is 3.66. The van der Waals surface area contributed by atoms with Crippen molar-refractivity contribution in [3.8, 4) is 12.3 Å². The zero-order valence-corrected chi connectivity index (χ0v) is 11.2. The number of nitrogens with zero attached hydrogens (tertiary/aromatic N) is 2. The molecule has 3 heterocycles. The largest absolute Gasteiger partial charge is 0.375 e. The number of hydrogen-bond acceptors (Lipinski definition) is 4. The number of aromatic nitrogens is 2. The van der Waals surface area contributed by atoms with Crippen LogP contribution in [0.5, 0.6) is 0 Å². The lowest BCUT2D eigenvalue weighted by Crippen LogP contribution is -2.43. The van der Waals surface area contributed by atoms with E-state index in [0.717, 1.165) is 18.7 Å². The van der Waals surface area contributed by atoms with Crippen molar-refractivity contribution in [2.45, 2.75) is 38.1 Å². The molecule has 1 amide bonds. The molecule has 6 heteroatoms. The minimum absolute atomic E-state index is 0.0870. The quantitative estimate of drug-likeness (QED) is 0.807. The maximum absolute atomic E-state index is 12.3.